The zero-order valence-corrected chi connectivity index (χ0v) is 17.9. The van der Waals surface area contributed by atoms with Crippen LogP contribution in [0, 0.1) is 0 Å². The van der Waals surface area contributed by atoms with Gasteiger partial charge in [0, 0.05) is 26.2 Å². The number of carbonyl (C=O) groups excluding carboxylic acids is 1. The molecular formula is C21H23F3N6O3. The minimum Gasteiger partial charge on any atom is -0.451 e. The number of rotatable bonds is 5. The van der Waals surface area contributed by atoms with Crippen molar-refractivity contribution in [3.63, 3.8) is 0 Å². The second-order valence-corrected chi connectivity index (χ2v) is 7.97. The molecule has 3 heterocycles. The summed E-state index contributed by atoms with van der Waals surface area (Å²) in [7, 11) is 1.36. The molecule has 0 bridgehead atoms. The van der Waals surface area contributed by atoms with Crippen LogP contribution < -0.4 is 16.2 Å². The Hall–Kier alpha value is -3.41. The summed E-state index contributed by atoms with van der Waals surface area (Å²) in [6.07, 6.45) is -3.40. The number of anilines is 1. The Morgan fingerprint density at radius 3 is 2.64 bits per heavy atom. The summed E-state index contributed by atoms with van der Waals surface area (Å²) in [4.78, 5) is 35.1. The van der Waals surface area contributed by atoms with Crippen molar-refractivity contribution in [2.75, 3.05) is 18.0 Å². The monoisotopic (exact) mass is 464 g/mol. The quantitative estimate of drug-likeness (QED) is 0.573. The number of carbonyl (C=O) groups is 1. The van der Waals surface area contributed by atoms with Crippen molar-refractivity contribution in [2.24, 2.45) is 12.8 Å². The van der Waals surface area contributed by atoms with Crippen molar-refractivity contribution in [2.45, 2.75) is 38.2 Å². The van der Waals surface area contributed by atoms with Gasteiger partial charge in [-0.2, -0.15) is 18.2 Å². The predicted molar refractivity (Wildman–Crippen MR) is 114 cm³/mol. The third-order valence-corrected chi connectivity index (χ3v) is 5.55. The lowest BCUT2D eigenvalue weighted by molar-refractivity contribution is -0.201. The fourth-order valence-electron chi connectivity index (χ4n) is 3.88. The number of esters is 1. The maximum absolute atomic E-state index is 13.2. The van der Waals surface area contributed by atoms with E-state index in [0.717, 1.165) is 23.0 Å². The summed E-state index contributed by atoms with van der Waals surface area (Å²) in [5.74, 6) is -1.98. The Morgan fingerprint density at radius 2 is 1.97 bits per heavy atom. The molecule has 1 atom stereocenters. The van der Waals surface area contributed by atoms with E-state index >= 15 is 0 Å². The van der Waals surface area contributed by atoms with Gasteiger partial charge in [0.2, 0.25) is 5.95 Å². The highest BCUT2D eigenvalue weighted by atomic mass is 19.4. The summed E-state index contributed by atoms with van der Waals surface area (Å²) in [6, 6.07) is 9.44. The number of imidazole rings is 1. The van der Waals surface area contributed by atoms with E-state index < -0.39 is 24.3 Å². The molecule has 1 fully saturated rings. The molecule has 4 rings (SSSR count). The van der Waals surface area contributed by atoms with E-state index in [9.17, 15) is 22.8 Å². The Morgan fingerprint density at radius 1 is 1.24 bits per heavy atom. The van der Waals surface area contributed by atoms with Gasteiger partial charge in [-0.15, -0.1) is 0 Å². The van der Waals surface area contributed by atoms with Gasteiger partial charge in [0.25, 0.3) is 5.56 Å². The normalized spacial score (nSPS) is 16.9. The number of nitrogens with zero attached hydrogens (tertiary/aromatic N) is 5. The molecule has 0 radical (unpaired) electrons. The smallest absolute Gasteiger partial charge is 0.451 e. The van der Waals surface area contributed by atoms with Crippen LogP contribution in [-0.4, -0.2) is 50.4 Å². The molecular weight excluding hydrogens is 441 g/mol. The summed E-state index contributed by atoms with van der Waals surface area (Å²) in [5, 5.41) is 0. The number of alkyl halides is 3. The van der Waals surface area contributed by atoms with Crippen molar-refractivity contribution in [3.05, 3.63) is 52.1 Å². The van der Waals surface area contributed by atoms with E-state index in [2.05, 4.69) is 14.7 Å². The number of halogens is 3. The number of hydrogen-bond donors (Lipinski definition) is 1. The molecule has 1 aliphatic rings. The molecule has 2 N–H and O–H groups in total. The van der Waals surface area contributed by atoms with Crippen LogP contribution in [0.1, 0.15) is 24.2 Å². The van der Waals surface area contributed by atoms with Crippen LogP contribution in [0.3, 0.4) is 0 Å². The number of benzene rings is 1. The zero-order chi connectivity index (χ0) is 23.8. The minimum absolute atomic E-state index is 0.0446. The Balaban J connectivity index is 1.79. The summed E-state index contributed by atoms with van der Waals surface area (Å²) in [5.41, 5.74) is 6.85. The molecule has 0 spiro atoms. The largest absolute Gasteiger partial charge is 0.490 e. The molecule has 9 nitrogen and oxygen atoms in total. The Bertz CT molecular complexity index is 1220. The SMILES string of the molecule is Cn1c(COC(=O)C(F)(F)F)nc2nc(N3CCCC(N)C3)n(Cc3ccccc3)c2c1=O. The van der Waals surface area contributed by atoms with Crippen LogP contribution in [0.15, 0.2) is 35.1 Å². The molecule has 12 heteroatoms. The van der Waals surface area contributed by atoms with Gasteiger partial charge in [-0.3, -0.25) is 13.9 Å². The number of piperidine rings is 1. The fraction of sp³-hybridized carbons (Fsp3) is 0.429. The van der Waals surface area contributed by atoms with Gasteiger partial charge in [0.05, 0.1) is 6.54 Å². The molecule has 1 aliphatic heterocycles. The molecule has 0 saturated carbocycles. The number of hydrogen-bond acceptors (Lipinski definition) is 7. The van der Waals surface area contributed by atoms with Gasteiger partial charge >= 0.3 is 12.1 Å². The van der Waals surface area contributed by atoms with Crippen molar-refractivity contribution in [1.82, 2.24) is 19.1 Å². The van der Waals surface area contributed by atoms with Crippen LogP contribution in [-0.2, 0) is 29.7 Å². The van der Waals surface area contributed by atoms with Crippen LogP contribution in [0.5, 0.6) is 0 Å². The van der Waals surface area contributed by atoms with Crippen molar-refractivity contribution >= 4 is 23.1 Å². The van der Waals surface area contributed by atoms with Gasteiger partial charge in [0.1, 0.15) is 6.61 Å². The average Bonchev–Trinajstić information content (AvgIpc) is 3.13. The van der Waals surface area contributed by atoms with Gasteiger partial charge in [-0.1, -0.05) is 30.3 Å². The van der Waals surface area contributed by atoms with Gasteiger partial charge in [-0.25, -0.2) is 9.78 Å². The van der Waals surface area contributed by atoms with Crippen molar-refractivity contribution in [3.8, 4) is 0 Å². The van der Waals surface area contributed by atoms with Crippen molar-refractivity contribution in [1.29, 1.82) is 0 Å². The topological polar surface area (TPSA) is 108 Å². The summed E-state index contributed by atoms with van der Waals surface area (Å²) < 4.78 is 44.6. The van der Waals surface area contributed by atoms with Gasteiger partial charge in [0.15, 0.2) is 17.0 Å². The van der Waals surface area contributed by atoms with E-state index in [1.807, 2.05) is 35.2 Å². The molecule has 0 aliphatic carbocycles. The molecule has 33 heavy (non-hydrogen) atoms. The second-order valence-electron chi connectivity index (χ2n) is 7.97. The zero-order valence-electron chi connectivity index (χ0n) is 17.9. The third-order valence-electron chi connectivity index (χ3n) is 5.55. The van der Waals surface area contributed by atoms with Crippen LogP contribution in [0.25, 0.3) is 11.2 Å². The van der Waals surface area contributed by atoms with E-state index in [1.54, 1.807) is 4.57 Å². The predicted octanol–water partition coefficient (Wildman–Crippen LogP) is 1.71. The summed E-state index contributed by atoms with van der Waals surface area (Å²) >= 11 is 0. The Labute approximate surface area is 186 Å². The van der Waals surface area contributed by atoms with E-state index in [4.69, 9.17) is 5.73 Å². The van der Waals surface area contributed by atoms with Gasteiger partial charge in [-0.05, 0) is 18.4 Å². The molecule has 1 aromatic carbocycles. The fourth-order valence-corrected chi connectivity index (χ4v) is 3.88. The molecule has 2 aromatic heterocycles. The maximum atomic E-state index is 13.2. The van der Waals surface area contributed by atoms with E-state index in [1.165, 1.54) is 7.05 Å². The highest BCUT2D eigenvalue weighted by Crippen LogP contribution is 2.24. The standard InChI is InChI=1S/C21H23F3N6O3/c1-28-15(12-33-19(32)21(22,23)24)26-17-16(18(28)31)30(10-13-6-3-2-4-7-13)20(27-17)29-9-5-8-14(25)11-29/h2-4,6-7,14H,5,8-12,25H2,1H3. The average molecular weight is 464 g/mol. The van der Waals surface area contributed by atoms with Crippen LogP contribution in [0.2, 0.25) is 0 Å². The van der Waals surface area contributed by atoms with Crippen LogP contribution in [0.4, 0.5) is 19.1 Å². The first-order chi connectivity index (χ1) is 15.6. The molecule has 1 saturated heterocycles. The molecule has 1 unspecified atom stereocenters. The Kier molecular flexibility index (Phi) is 6.11. The van der Waals surface area contributed by atoms with E-state index in [-0.39, 0.29) is 23.0 Å². The first kappa shape index (κ1) is 22.8. The molecule has 0 amide bonds. The molecule has 3 aromatic rings. The lowest BCUT2D eigenvalue weighted by atomic mass is 10.1. The lowest BCUT2D eigenvalue weighted by Gasteiger charge is -2.31. The first-order valence-corrected chi connectivity index (χ1v) is 10.4. The van der Waals surface area contributed by atoms with Crippen LogP contribution >= 0.6 is 0 Å². The number of aromatic nitrogens is 4. The molecule has 176 valence electrons. The first-order valence-electron chi connectivity index (χ1n) is 10.4. The third kappa shape index (κ3) is 4.70. The highest BCUT2D eigenvalue weighted by molar-refractivity contribution is 5.76. The van der Waals surface area contributed by atoms with Gasteiger partial charge < -0.3 is 15.4 Å². The lowest BCUT2D eigenvalue weighted by Crippen LogP contribution is -2.44. The number of nitrogens with two attached hydrogens (primary N) is 1. The van der Waals surface area contributed by atoms with E-state index in [0.29, 0.717) is 25.6 Å². The minimum atomic E-state index is -5.14. The highest BCUT2D eigenvalue weighted by Gasteiger charge is 2.41. The summed E-state index contributed by atoms with van der Waals surface area (Å²) in [6.45, 7) is 0.782. The number of fused-ring (bicyclic) bond motifs is 1. The van der Waals surface area contributed by atoms with Crippen molar-refractivity contribution < 1.29 is 22.7 Å². The number of ether oxygens (including phenoxy) is 1. The second kappa shape index (κ2) is 8.85. The maximum Gasteiger partial charge on any atom is 0.490 e.